The van der Waals surface area contributed by atoms with Gasteiger partial charge in [-0.05, 0) is 17.7 Å². The van der Waals surface area contributed by atoms with Crippen molar-refractivity contribution in [2.45, 2.75) is 10.1 Å². The molecule has 0 spiro atoms. The maximum Gasteiger partial charge on any atom is 0.188 e. The van der Waals surface area contributed by atoms with Gasteiger partial charge in [0.15, 0.2) is 9.84 Å². The van der Waals surface area contributed by atoms with E-state index < -0.39 is 15.1 Å². The van der Waals surface area contributed by atoms with Crippen LogP contribution in [-0.2, 0) is 9.84 Å². The van der Waals surface area contributed by atoms with Crippen LogP contribution in [0.25, 0.3) is 0 Å². The van der Waals surface area contributed by atoms with Crippen LogP contribution >= 0.6 is 0 Å². The van der Waals surface area contributed by atoms with Gasteiger partial charge in [0, 0.05) is 0 Å². The van der Waals surface area contributed by atoms with E-state index in [1.165, 1.54) is 6.08 Å². The minimum atomic E-state index is -3.42. The van der Waals surface area contributed by atoms with Crippen molar-refractivity contribution < 1.29 is 8.42 Å². The molecule has 0 saturated heterocycles. The summed E-state index contributed by atoms with van der Waals surface area (Å²) in [6.45, 7) is 3.65. The van der Waals surface area contributed by atoms with Crippen molar-refractivity contribution in [3.8, 4) is 0 Å². The summed E-state index contributed by atoms with van der Waals surface area (Å²) in [6.07, 6.45) is 1.47. The van der Waals surface area contributed by atoms with Crippen molar-refractivity contribution in [2.75, 3.05) is 0 Å². The highest BCUT2D eigenvalue weighted by atomic mass is 32.2. The Morgan fingerprint density at radius 3 is 1.89 bits per heavy atom. The fourth-order valence-electron chi connectivity index (χ4n) is 1.84. The average Bonchev–Trinajstić information content (AvgIpc) is 2.41. The fourth-order valence-corrected chi connectivity index (χ4v) is 3.44. The van der Waals surface area contributed by atoms with Gasteiger partial charge in [-0.2, -0.15) is 0 Å². The summed E-state index contributed by atoms with van der Waals surface area (Å²) in [5.41, 5.74) is 0.733. The minimum Gasteiger partial charge on any atom is -0.223 e. The van der Waals surface area contributed by atoms with Crippen LogP contribution in [-0.4, -0.2) is 8.42 Å². The maximum absolute atomic E-state index is 12.5. The van der Waals surface area contributed by atoms with Gasteiger partial charge in [-0.3, -0.25) is 0 Å². The molecule has 0 aromatic heterocycles. The van der Waals surface area contributed by atoms with E-state index in [1.807, 2.05) is 18.2 Å². The van der Waals surface area contributed by atoms with Gasteiger partial charge in [0.2, 0.25) is 0 Å². The van der Waals surface area contributed by atoms with E-state index in [4.69, 9.17) is 0 Å². The number of benzene rings is 2. The van der Waals surface area contributed by atoms with Crippen LogP contribution < -0.4 is 0 Å². The molecule has 0 unspecified atom stereocenters. The number of hydrogen-bond donors (Lipinski definition) is 0. The molecule has 0 radical (unpaired) electrons. The van der Waals surface area contributed by atoms with E-state index in [-0.39, 0.29) is 0 Å². The molecule has 0 bridgehead atoms. The Morgan fingerprint density at radius 2 is 1.39 bits per heavy atom. The molecule has 0 heterocycles. The predicted octanol–water partition coefficient (Wildman–Crippen LogP) is 3.39. The van der Waals surface area contributed by atoms with Gasteiger partial charge < -0.3 is 0 Å². The zero-order valence-corrected chi connectivity index (χ0v) is 10.7. The standard InChI is InChI=1S/C15H14O2S/c1-2-15(13-9-5-3-6-10-13)18(16,17)14-11-7-4-8-12-14/h2-12,15H,1H2/t15-/m0/s1. The molecular weight excluding hydrogens is 244 g/mol. The second-order valence-electron chi connectivity index (χ2n) is 3.93. The molecule has 2 rings (SSSR count). The number of rotatable bonds is 4. The topological polar surface area (TPSA) is 34.1 Å². The van der Waals surface area contributed by atoms with Gasteiger partial charge in [0.25, 0.3) is 0 Å². The molecule has 0 aliphatic heterocycles. The fraction of sp³-hybridized carbons (Fsp3) is 0.0667. The lowest BCUT2D eigenvalue weighted by atomic mass is 10.1. The van der Waals surface area contributed by atoms with Gasteiger partial charge in [-0.25, -0.2) is 8.42 Å². The number of hydrogen-bond acceptors (Lipinski definition) is 2. The lowest BCUT2D eigenvalue weighted by molar-refractivity contribution is 0.590. The van der Waals surface area contributed by atoms with Gasteiger partial charge >= 0.3 is 0 Å². The van der Waals surface area contributed by atoms with E-state index >= 15 is 0 Å². The monoisotopic (exact) mass is 258 g/mol. The van der Waals surface area contributed by atoms with Crippen molar-refractivity contribution in [1.29, 1.82) is 0 Å². The molecular formula is C15H14O2S. The van der Waals surface area contributed by atoms with Gasteiger partial charge in [-0.1, -0.05) is 54.6 Å². The Balaban J connectivity index is 2.49. The summed E-state index contributed by atoms with van der Waals surface area (Å²) in [7, 11) is -3.42. The smallest absolute Gasteiger partial charge is 0.188 e. The Hall–Kier alpha value is -1.87. The van der Waals surface area contributed by atoms with Crippen molar-refractivity contribution in [1.82, 2.24) is 0 Å². The average molecular weight is 258 g/mol. The molecule has 18 heavy (non-hydrogen) atoms. The van der Waals surface area contributed by atoms with E-state index in [2.05, 4.69) is 6.58 Å². The minimum absolute atomic E-state index is 0.318. The quantitative estimate of drug-likeness (QED) is 0.788. The molecule has 2 aromatic rings. The summed E-state index contributed by atoms with van der Waals surface area (Å²) >= 11 is 0. The molecule has 1 atom stereocenters. The van der Waals surface area contributed by atoms with Crippen LogP contribution in [0.1, 0.15) is 10.8 Å². The largest absolute Gasteiger partial charge is 0.223 e. The number of sulfone groups is 1. The Morgan fingerprint density at radius 1 is 0.889 bits per heavy atom. The van der Waals surface area contributed by atoms with Gasteiger partial charge in [0.1, 0.15) is 5.25 Å². The molecule has 0 amide bonds. The first-order valence-electron chi connectivity index (χ1n) is 5.62. The molecule has 0 saturated carbocycles. The van der Waals surface area contributed by atoms with Crippen molar-refractivity contribution >= 4 is 9.84 Å². The highest BCUT2D eigenvalue weighted by molar-refractivity contribution is 7.91. The summed E-state index contributed by atoms with van der Waals surface area (Å²) in [5, 5.41) is -0.707. The summed E-state index contributed by atoms with van der Waals surface area (Å²) in [4.78, 5) is 0.318. The second kappa shape index (κ2) is 5.19. The second-order valence-corrected chi connectivity index (χ2v) is 5.99. The summed E-state index contributed by atoms with van der Waals surface area (Å²) in [5.74, 6) is 0. The Kier molecular flexibility index (Phi) is 3.63. The molecule has 0 N–H and O–H groups in total. The lowest BCUT2D eigenvalue weighted by Crippen LogP contribution is -2.11. The zero-order valence-electron chi connectivity index (χ0n) is 9.86. The van der Waals surface area contributed by atoms with Gasteiger partial charge in [-0.15, -0.1) is 6.58 Å². The molecule has 0 aliphatic rings. The Bertz CT molecular complexity index is 616. The molecule has 3 heteroatoms. The lowest BCUT2D eigenvalue weighted by Gasteiger charge is -2.14. The highest BCUT2D eigenvalue weighted by Gasteiger charge is 2.25. The SMILES string of the molecule is C=C[C@@H](c1ccccc1)S(=O)(=O)c1ccccc1. The van der Waals surface area contributed by atoms with E-state index in [1.54, 1.807) is 42.5 Å². The van der Waals surface area contributed by atoms with E-state index in [9.17, 15) is 8.42 Å². The van der Waals surface area contributed by atoms with Crippen molar-refractivity contribution in [3.63, 3.8) is 0 Å². The molecule has 0 fully saturated rings. The van der Waals surface area contributed by atoms with Crippen LogP contribution in [0, 0.1) is 0 Å². The maximum atomic E-state index is 12.5. The molecule has 92 valence electrons. The van der Waals surface area contributed by atoms with Crippen LogP contribution in [0.3, 0.4) is 0 Å². The third-order valence-electron chi connectivity index (χ3n) is 2.75. The van der Waals surface area contributed by atoms with Crippen molar-refractivity contribution in [2.24, 2.45) is 0 Å². The molecule has 2 aromatic carbocycles. The highest BCUT2D eigenvalue weighted by Crippen LogP contribution is 2.29. The Labute approximate surface area is 108 Å². The van der Waals surface area contributed by atoms with Crippen LogP contribution in [0.5, 0.6) is 0 Å². The predicted molar refractivity (Wildman–Crippen MR) is 73.0 cm³/mol. The van der Waals surface area contributed by atoms with E-state index in [0.29, 0.717) is 4.90 Å². The molecule has 2 nitrogen and oxygen atoms in total. The van der Waals surface area contributed by atoms with Gasteiger partial charge in [0.05, 0.1) is 4.90 Å². The van der Waals surface area contributed by atoms with Crippen molar-refractivity contribution in [3.05, 3.63) is 78.9 Å². The third-order valence-corrected chi connectivity index (χ3v) is 4.81. The molecule has 0 aliphatic carbocycles. The van der Waals surface area contributed by atoms with Crippen LogP contribution in [0.4, 0.5) is 0 Å². The first kappa shape index (κ1) is 12.6. The normalized spacial score (nSPS) is 12.9. The first-order chi connectivity index (χ1) is 8.66. The van der Waals surface area contributed by atoms with E-state index in [0.717, 1.165) is 5.56 Å². The first-order valence-corrected chi connectivity index (χ1v) is 7.17. The summed E-state index contributed by atoms with van der Waals surface area (Å²) < 4.78 is 25.0. The summed E-state index contributed by atoms with van der Waals surface area (Å²) in [6, 6.07) is 17.6. The van der Waals surface area contributed by atoms with Crippen LogP contribution in [0.15, 0.2) is 78.2 Å². The van der Waals surface area contributed by atoms with Crippen LogP contribution in [0.2, 0.25) is 0 Å². The third kappa shape index (κ3) is 2.36. The zero-order chi connectivity index (χ0) is 13.0.